The second-order valence-corrected chi connectivity index (χ2v) is 8.09. The molecule has 0 unspecified atom stereocenters. The molecule has 6 nitrogen and oxygen atoms in total. The SMILES string of the molecule is CS(=O)(=O)CCNS(=O)(=O)Cc1ccc(N)cc1. The third kappa shape index (κ3) is 5.99. The largest absolute Gasteiger partial charge is 0.399 e. The zero-order valence-corrected chi connectivity index (χ0v) is 11.6. The number of sulfonamides is 1. The van der Waals surface area contributed by atoms with Crippen molar-refractivity contribution in [3.8, 4) is 0 Å². The average Bonchev–Trinajstić information content (AvgIpc) is 2.18. The summed E-state index contributed by atoms with van der Waals surface area (Å²) in [7, 11) is -6.69. The highest BCUT2D eigenvalue weighted by atomic mass is 32.2. The topological polar surface area (TPSA) is 106 Å². The highest BCUT2D eigenvalue weighted by molar-refractivity contribution is 7.91. The predicted molar refractivity (Wildman–Crippen MR) is 71.2 cm³/mol. The molecule has 0 amide bonds. The van der Waals surface area contributed by atoms with Crippen LogP contribution in [-0.4, -0.2) is 35.4 Å². The number of nitrogen functional groups attached to an aromatic ring is 1. The highest BCUT2D eigenvalue weighted by Crippen LogP contribution is 2.08. The van der Waals surface area contributed by atoms with Crippen LogP contribution < -0.4 is 10.5 Å². The van der Waals surface area contributed by atoms with E-state index in [-0.39, 0.29) is 18.1 Å². The van der Waals surface area contributed by atoms with E-state index in [0.29, 0.717) is 11.3 Å². The van der Waals surface area contributed by atoms with Gasteiger partial charge in [0.2, 0.25) is 10.0 Å². The number of benzene rings is 1. The van der Waals surface area contributed by atoms with Gasteiger partial charge >= 0.3 is 0 Å². The van der Waals surface area contributed by atoms with E-state index in [4.69, 9.17) is 5.73 Å². The van der Waals surface area contributed by atoms with Crippen molar-refractivity contribution in [2.75, 3.05) is 24.3 Å². The first-order chi connectivity index (χ1) is 8.18. The van der Waals surface area contributed by atoms with Crippen molar-refractivity contribution in [2.45, 2.75) is 5.75 Å². The summed E-state index contributed by atoms with van der Waals surface area (Å²) in [4.78, 5) is 0. The van der Waals surface area contributed by atoms with Crippen LogP contribution in [0, 0.1) is 0 Å². The van der Waals surface area contributed by atoms with Crippen LogP contribution in [0.1, 0.15) is 5.56 Å². The first-order valence-electron chi connectivity index (χ1n) is 5.17. The van der Waals surface area contributed by atoms with E-state index in [9.17, 15) is 16.8 Å². The third-order valence-corrected chi connectivity index (χ3v) is 4.43. The molecule has 102 valence electrons. The summed E-state index contributed by atoms with van der Waals surface area (Å²) in [6, 6.07) is 6.46. The van der Waals surface area contributed by atoms with E-state index in [2.05, 4.69) is 4.72 Å². The number of rotatable bonds is 6. The van der Waals surface area contributed by atoms with E-state index in [0.717, 1.165) is 6.26 Å². The molecular weight excluding hydrogens is 276 g/mol. The minimum absolute atomic E-state index is 0.115. The molecule has 0 aromatic heterocycles. The van der Waals surface area contributed by atoms with Crippen LogP contribution in [0.5, 0.6) is 0 Å². The minimum Gasteiger partial charge on any atom is -0.399 e. The van der Waals surface area contributed by atoms with Crippen molar-refractivity contribution >= 4 is 25.5 Å². The monoisotopic (exact) mass is 292 g/mol. The summed E-state index contributed by atoms with van der Waals surface area (Å²) < 4.78 is 47.2. The fourth-order valence-electron chi connectivity index (χ4n) is 1.27. The van der Waals surface area contributed by atoms with Crippen LogP contribution in [0.3, 0.4) is 0 Å². The number of nitrogens with one attached hydrogen (secondary N) is 1. The fourth-order valence-corrected chi connectivity index (χ4v) is 3.02. The number of anilines is 1. The molecule has 0 fully saturated rings. The Bertz CT molecular complexity index is 591. The van der Waals surface area contributed by atoms with Gasteiger partial charge in [0, 0.05) is 18.5 Å². The van der Waals surface area contributed by atoms with Gasteiger partial charge in [0.25, 0.3) is 0 Å². The van der Waals surface area contributed by atoms with Crippen LogP contribution in [0.25, 0.3) is 0 Å². The van der Waals surface area contributed by atoms with E-state index < -0.39 is 19.9 Å². The predicted octanol–water partition coefficient (Wildman–Crippen LogP) is -0.267. The summed E-state index contributed by atoms with van der Waals surface area (Å²) in [5.41, 5.74) is 6.64. The normalized spacial score (nSPS) is 12.5. The van der Waals surface area contributed by atoms with Gasteiger partial charge in [-0.05, 0) is 17.7 Å². The lowest BCUT2D eigenvalue weighted by Crippen LogP contribution is -2.29. The van der Waals surface area contributed by atoms with Crippen LogP contribution >= 0.6 is 0 Å². The Kier molecular flexibility index (Phi) is 4.71. The summed E-state index contributed by atoms with van der Waals surface area (Å²) >= 11 is 0. The quantitative estimate of drug-likeness (QED) is 0.702. The van der Waals surface area contributed by atoms with Crippen molar-refractivity contribution in [3.63, 3.8) is 0 Å². The zero-order valence-electron chi connectivity index (χ0n) is 9.96. The standard InChI is InChI=1S/C10H16N2O4S2/c1-17(13,14)7-6-12-18(15,16)8-9-2-4-10(11)5-3-9/h2-5,12H,6-8,11H2,1H3. The van der Waals surface area contributed by atoms with Crippen LogP contribution in [0.2, 0.25) is 0 Å². The molecule has 0 aliphatic heterocycles. The lowest BCUT2D eigenvalue weighted by Gasteiger charge is -2.06. The highest BCUT2D eigenvalue weighted by Gasteiger charge is 2.12. The maximum atomic E-state index is 11.6. The molecule has 3 N–H and O–H groups in total. The van der Waals surface area contributed by atoms with Crippen LogP contribution in [0.4, 0.5) is 5.69 Å². The molecule has 0 bridgehead atoms. The minimum atomic E-state index is -3.53. The van der Waals surface area contributed by atoms with Crippen LogP contribution in [0.15, 0.2) is 24.3 Å². The first kappa shape index (κ1) is 14.9. The Hall–Kier alpha value is -1.12. The summed E-state index contributed by atoms with van der Waals surface area (Å²) in [6.07, 6.45) is 1.06. The molecule has 0 heterocycles. The second kappa shape index (κ2) is 5.68. The molecule has 18 heavy (non-hydrogen) atoms. The van der Waals surface area contributed by atoms with Crippen molar-refractivity contribution in [3.05, 3.63) is 29.8 Å². The summed E-state index contributed by atoms with van der Waals surface area (Å²) in [5, 5.41) is 0. The van der Waals surface area contributed by atoms with Crippen LogP contribution in [-0.2, 0) is 25.6 Å². The Labute approximate surface area is 107 Å². The molecule has 1 rings (SSSR count). The van der Waals surface area contributed by atoms with Gasteiger partial charge in [0.15, 0.2) is 0 Å². The molecule has 0 atom stereocenters. The molecule has 0 radical (unpaired) electrons. The Morgan fingerprint density at radius 1 is 1.11 bits per heavy atom. The lowest BCUT2D eigenvalue weighted by molar-refractivity contribution is 0.581. The van der Waals surface area contributed by atoms with Gasteiger partial charge in [-0.1, -0.05) is 12.1 Å². The zero-order chi connectivity index (χ0) is 13.8. The Balaban J connectivity index is 2.57. The maximum absolute atomic E-state index is 11.6. The van der Waals surface area contributed by atoms with E-state index in [1.54, 1.807) is 24.3 Å². The molecular formula is C10H16N2O4S2. The Morgan fingerprint density at radius 3 is 2.17 bits per heavy atom. The molecule has 0 saturated heterocycles. The van der Waals surface area contributed by atoms with Gasteiger partial charge in [-0.2, -0.15) is 0 Å². The molecule has 1 aromatic carbocycles. The average molecular weight is 292 g/mol. The molecule has 8 heteroatoms. The van der Waals surface area contributed by atoms with Crippen molar-refractivity contribution in [1.82, 2.24) is 4.72 Å². The molecule has 0 aliphatic carbocycles. The number of hydrogen-bond donors (Lipinski definition) is 2. The van der Waals surface area contributed by atoms with Gasteiger partial charge in [-0.15, -0.1) is 0 Å². The van der Waals surface area contributed by atoms with Gasteiger partial charge in [-0.25, -0.2) is 21.6 Å². The number of sulfone groups is 1. The van der Waals surface area contributed by atoms with Gasteiger partial charge in [-0.3, -0.25) is 0 Å². The molecule has 0 aliphatic rings. The molecule has 0 saturated carbocycles. The third-order valence-electron chi connectivity index (χ3n) is 2.13. The van der Waals surface area contributed by atoms with E-state index >= 15 is 0 Å². The second-order valence-electron chi connectivity index (χ2n) is 4.02. The van der Waals surface area contributed by atoms with Crippen molar-refractivity contribution in [1.29, 1.82) is 0 Å². The maximum Gasteiger partial charge on any atom is 0.215 e. The van der Waals surface area contributed by atoms with Gasteiger partial charge in [0.1, 0.15) is 9.84 Å². The van der Waals surface area contributed by atoms with Crippen molar-refractivity contribution < 1.29 is 16.8 Å². The van der Waals surface area contributed by atoms with Gasteiger partial charge < -0.3 is 5.73 Å². The number of hydrogen-bond acceptors (Lipinski definition) is 5. The smallest absolute Gasteiger partial charge is 0.215 e. The Morgan fingerprint density at radius 2 is 1.67 bits per heavy atom. The van der Waals surface area contributed by atoms with E-state index in [1.807, 2.05) is 0 Å². The van der Waals surface area contributed by atoms with E-state index in [1.165, 1.54) is 0 Å². The first-order valence-corrected chi connectivity index (χ1v) is 8.89. The lowest BCUT2D eigenvalue weighted by atomic mass is 10.2. The summed E-state index contributed by atoms with van der Waals surface area (Å²) in [6.45, 7) is -0.115. The molecule has 1 aromatic rings. The molecule has 0 spiro atoms. The fraction of sp³-hybridized carbons (Fsp3) is 0.400. The van der Waals surface area contributed by atoms with Gasteiger partial charge in [0.05, 0.1) is 11.5 Å². The number of nitrogens with two attached hydrogens (primary N) is 1. The summed E-state index contributed by atoms with van der Waals surface area (Å²) in [5.74, 6) is -0.412. The van der Waals surface area contributed by atoms with Crippen molar-refractivity contribution in [2.24, 2.45) is 0 Å².